The SMILES string of the molecule is O=S(=O)(O)C[C@H]1CC[C@@H](Oc2ncccn2)CC1. The molecule has 7 heteroatoms. The van der Waals surface area contributed by atoms with E-state index in [4.69, 9.17) is 9.29 Å². The molecule has 1 aliphatic rings. The molecule has 0 spiro atoms. The molecule has 0 unspecified atom stereocenters. The highest BCUT2D eigenvalue weighted by atomic mass is 32.2. The van der Waals surface area contributed by atoms with Gasteiger partial charge in [0.15, 0.2) is 0 Å². The molecule has 0 bridgehead atoms. The van der Waals surface area contributed by atoms with E-state index in [2.05, 4.69) is 9.97 Å². The van der Waals surface area contributed by atoms with Crippen molar-refractivity contribution in [2.24, 2.45) is 5.92 Å². The van der Waals surface area contributed by atoms with E-state index in [1.54, 1.807) is 18.5 Å². The molecule has 0 saturated heterocycles. The highest BCUT2D eigenvalue weighted by Crippen LogP contribution is 2.27. The molecule has 1 aromatic heterocycles. The van der Waals surface area contributed by atoms with Gasteiger partial charge in [0.25, 0.3) is 10.1 Å². The van der Waals surface area contributed by atoms with Gasteiger partial charge in [-0.3, -0.25) is 4.55 Å². The fourth-order valence-electron chi connectivity index (χ4n) is 2.21. The topological polar surface area (TPSA) is 89.4 Å². The summed E-state index contributed by atoms with van der Waals surface area (Å²) in [6.07, 6.45) is 6.26. The van der Waals surface area contributed by atoms with Crippen LogP contribution >= 0.6 is 0 Å². The largest absolute Gasteiger partial charge is 0.460 e. The van der Waals surface area contributed by atoms with Gasteiger partial charge >= 0.3 is 6.01 Å². The number of hydrogen-bond donors (Lipinski definition) is 1. The summed E-state index contributed by atoms with van der Waals surface area (Å²) >= 11 is 0. The molecule has 1 aliphatic carbocycles. The predicted molar refractivity (Wildman–Crippen MR) is 64.8 cm³/mol. The van der Waals surface area contributed by atoms with E-state index in [9.17, 15) is 8.42 Å². The highest BCUT2D eigenvalue weighted by Gasteiger charge is 2.26. The monoisotopic (exact) mass is 272 g/mol. The highest BCUT2D eigenvalue weighted by molar-refractivity contribution is 7.85. The summed E-state index contributed by atoms with van der Waals surface area (Å²) in [5.74, 6) is -0.127. The first kappa shape index (κ1) is 13.2. The Labute approximate surface area is 106 Å². The summed E-state index contributed by atoms with van der Waals surface area (Å²) in [4.78, 5) is 7.96. The van der Waals surface area contributed by atoms with Crippen LogP contribution < -0.4 is 4.74 Å². The fourth-order valence-corrected chi connectivity index (χ4v) is 3.14. The van der Waals surface area contributed by atoms with E-state index < -0.39 is 10.1 Å². The third-order valence-electron chi connectivity index (χ3n) is 3.05. The van der Waals surface area contributed by atoms with Gasteiger partial charge in [-0.25, -0.2) is 9.97 Å². The summed E-state index contributed by atoms with van der Waals surface area (Å²) in [5, 5.41) is 0. The van der Waals surface area contributed by atoms with E-state index in [1.165, 1.54) is 0 Å². The second kappa shape index (κ2) is 5.62. The lowest BCUT2D eigenvalue weighted by molar-refractivity contribution is 0.124. The normalized spacial score (nSPS) is 24.7. The summed E-state index contributed by atoms with van der Waals surface area (Å²) in [7, 11) is -3.87. The van der Waals surface area contributed by atoms with Crippen molar-refractivity contribution >= 4 is 10.1 Å². The van der Waals surface area contributed by atoms with Crippen LogP contribution in [0.25, 0.3) is 0 Å². The predicted octanol–water partition coefficient (Wildman–Crippen LogP) is 1.30. The van der Waals surface area contributed by atoms with Crippen molar-refractivity contribution in [2.45, 2.75) is 31.8 Å². The van der Waals surface area contributed by atoms with E-state index >= 15 is 0 Å². The third kappa shape index (κ3) is 4.23. The fraction of sp³-hybridized carbons (Fsp3) is 0.636. The molecule has 1 fully saturated rings. The zero-order valence-corrected chi connectivity index (χ0v) is 10.7. The molecule has 1 heterocycles. The average molecular weight is 272 g/mol. The average Bonchev–Trinajstić information content (AvgIpc) is 2.31. The Morgan fingerprint density at radius 3 is 2.39 bits per heavy atom. The Morgan fingerprint density at radius 2 is 1.83 bits per heavy atom. The van der Waals surface area contributed by atoms with Gasteiger partial charge in [0.1, 0.15) is 6.10 Å². The molecule has 0 atom stereocenters. The number of aromatic nitrogens is 2. The molecular weight excluding hydrogens is 256 g/mol. The molecule has 0 amide bonds. The van der Waals surface area contributed by atoms with Gasteiger partial charge in [-0.2, -0.15) is 8.42 Å². The zero-order chi connectivity index (χ0) is 13.0. The van der Waals surface area contributed by atoms with Crippen LogP contribution in [0.3, 0.4) is 0 Å². The van der Waals surface area contributed by atoms with Crippen LogP contribution in [0, 0.1) is 5.92 Å². The zero-order valence-electron chi connectivity index (χ0n) is 9.90. The van der Waals surface area contributed by atoms with Gasteiger partial charge in [0.2, 0.25) is 0 Å². The van der Waals surface area contributed by atoms with Gasteiger partial charge < -0.3 is 4.74 Å². The summed E-state index contributed by atoms with van der Waals surface area (Å²) in [6, 6.07) is 2.08. The second-order valence-electron chi connectivity index (χ2n) is 4.54. The van der Waals surface area contributed by atoms with Crippen molar-refractivity contribution in [1.82, 2.24) is 9.97 Å². The molecule has 0 aromatic carbocycles. The van der Waals surface area contributed by atoms with E-state index in [0.29, 0.717) is 6.01 Å². The van der Waals surface area contributed by atoms with Gasteiger partial charge in [-0.15, -0.1) is 0 Å². The maximum Gasteiger partial charge on any atom is 0.316 e. The van der Waals surface area contributed by atoms with Crippen molar-refractivity contribution in [3.05, 3.63) is 18.5 Å². The van der Waals surface area contributed by atoms with Crippen molar-refractivity contribution < 1.29 is 17.7 Å². The quantitative estimate of drug-likeness (QED) is 0.831. The first-order chi connectivity index (χ1) is 8.53. The Bertz CT molecular complexity index is 469. The molecule has 6 nitrogen and oxygen atoms in total. The number of rotatable bonds is 4. The first-order valence-corrected chi connectivity index (χ1v) is 7.53. The standard InChI is InChI=1S/C11H16N2O4S/c14-18(15,16)8-9-2-4-10(5-3-9)17-11-12-6-1-7-13-11/h1,6-7,9-10H,2-5,8H2,(H,14,15,16)/t9-,10+. The summed E-state index contributed by atoms with van der Waals surface area (Å²) < 4.78 is 35.9. The van der Waals surface area contributed by atoms with Crippen LogP contribution in [0.2, 0.25) is 0 Å². The van der Waals surface area contributed by atoms with Crippen LogP contribution in [0.1, 0.15) is 25.7 Å². The maximum absolute atomic E-state index is 10.8. The Hall–Kier alpha value is -1.21. The molecule has 1 saturated carbocycles. The number of hydrogen-bond acceptors (Lipinski definition) is 5. The van der Waals surface area contributed by atoms with Crippen LogP contribution in [-0.2, 0) is 10.1 Å². The molecule has 0 aliphatic heterocycles. The second-order valence-corrected chi connectivity index (χ2v) is 6.04. The number of nitrogens with zero attached hydrogens (tertiary/aromatic N) is 2. The third-order valence-corrected chi connectivity index (χ3v) is 3.95. The lowest BCUT2D eigenvalue weighted by Gasteiger charge is -2.27. The Balaban J connectivity index is 1.80. The van der Waals surface area contributed by atoms with Crippen LogP contribution in [0.15, 0.2) is 18.5 Å². The van der Waals surface area contributed by atoms with E-state index in [-0.39, 0.29) is 17.8 Å². The molecule has 100 valence electrons. The minimum absolute atomic E-state index is 0.0246. The minimum atomic E-state index is -3.87. The number of ether oxygens (including phenoxy) is 1. The van der Waals surface area contributed by atoms with Crippen LogP contribution in [0.5, 0.6) is 6.01 Å². The van der Waals surface area contributed by atoms with Crippen molar-refractivity contribution in [3.8, 4) is 6.01 Å². The van der Waals surface area contributed by atoms with Crippen molar-refractivity contribution in [3.63, 3.8) is 0 Å². The smallest absolute Gasteiger partial charge is 0.316 e. The Morgan fingerprint density at radius 1 is 1.22 bits per heavy atom. The molecule has 1 aromatic rings. The van der Waals surface area contributed by atoms with Crippen LogP contribution in [-0.4, -0.2) is 34.8 Å². The lowest BCUT2D eigenvalue weighted by atomic mass is 9.89. The van der Waals surface area contributed by atoms with Gasteiger partial charge in [-0.1, -0.05) is 0 Å². The molecule has 2 rings (SSSR count). The van der Waals surface area contributed by atoms with Crippen molar-refractivity contribution in [2.75, 3.05) is 5.75 Å². The summed E-state index contributed by atoms with van der Waals surface area (Å²) in [6.45, 7) is 0. The van der Waals surface area contributed by atoms with Crippen LogP contribution in [0.4, 0.5) is 0 Å². The maximum atomic E-state index is 10.8. The molecule has 1 N–H and O–H groups in total. The molecular formula is C11H16N2O4S. The van der Waals surface area contributed by atoms with Gasteiger partial charge in [0, 0.05) is 12.4 Å². The lowest BCUT2D eigenvalue weighted by Crippen LogP contribution is -2.28. The van der Waals surface area contributed by atoms with E-state index in [1.807, 2.05) is 0 Å². The minimum Gasteiger partial charge on any atom is -0.460 e. The van der Waals surface area contributed by atoms with Gasteiger partial charge in [-0.05, 0) is 37.7 Å². The molecule has 0 radical (unpaired) electrons. The van der Waals surface area contributed by atoms with E-state index in [0.717, 1.165) is 25.7 Å². The van der Waals surface area contributed by atoms with Crippen molar-refractivity contribution in [1.29, 1.82) is 0 Å². The summed E-state index contributed by atoms with van der Waals surface area (Å²) in [5.41, 5.74) is 0. The molecule has 18 heavy (non-hydrogen) atoms. The van der Waals surface area contributed by atoms with Gasteiger partial charge in [0.05, 0.1) is 5.75 Å². The Kier molecular flexibility index (Phi) is 4.13. The first-order valence-electron chi connectivity index (χ1n) is 5.92.